The molecule has 7 heteroatoms. The number of fused-ring (bicyclic) bond motifs is 3. The third-order valence-electron chi connectivity index (χ3n) is 4.46. The smallest absolute Gasteiger partial charge is 0.287 e. The SMILES string of the molecule is CCn1c2ccccc2c2cc(/C=N/Nc3ccc([N+](=O)[O-])cn3)ccc21. The predicted molar refractivity (Wildman–Crippen MR) is 107 cm³/mol. The minimum absolute atomic E-state index is 0.0534. The molecule has 2 aromatic carbocycles. The standard InChI is InChI=1S/C20H17N5O2/c1-2-24-18-6-4-3-5-16(18)17-11-14(7-9-19(17)24)12-22-23-20-10-8-15(13-21-20)25(26)27/h3-13H,2H2,1H3,(H,21,23)/b22-12+. The van der Waals surface area contributed by atoms with E-state index in [1.54, 1.807) is 6.21 Å². The van der Waals surface area contributed by atoms with Crippen LogP contribution in [0.3, 0.4) is 0 Å². The summed E-state index contributed by atoms with van der Waals surface area (Å²) < 4.78 is 2.30. The molecule has 0 fully saturated rings. The number of anilines is 1. The average molecular weight is 359 g/mol. The number of hydrogen-bond acceptors (Lipinski definition) is 5. The maximum atomic E-state index is 10.6. The largest absolute Gasteiger partial charge is 0.341 e. The van der Waals surface area contributed by atoms with E-state index in [0.29, 0.717) is 5.82 Å². The van der Waals surface area contributed by atoms with E-state index in [2.05, 4.69) is 57.3 Å². The molecule has 27 heavy (non-hydrogen) atoms. The van der Waals surface area contributed by atoms with E-state index in [4.69, 9.17) is 0 Å². The summed E-state index contributed by atoms with van der Waals surface area (Å²) >= 11 is 0. The summed E-state index contributed by atoms with van der Waals surface area (Å²) in [5.41, 5.74) is 6.11. The third-order valence-corrected chi connectivity index (χ3v) is 4.46. The van der Waals surface area contributed by atoms with E-state index in [1.165, 1.54) is 40.1 Å². The van der Waals surface area contributed by atoms with E-state index in [1.807, 2.05) is 12.1 Å². The van der Waals surface area contributed by atoms with Crippen LogP contribution < -0.4 is 5.43 Å². The van der Waals surface area contributed by atoms with Gasteiger partial charge in [0, 0.05) is 34.4 Å². The fraction of sp³-hybridized carbons (Fsp3) is 0.100. The Labute approximate surface area is 155 Å². The minimum Gasteiger partial charge on any atom is -0.341 e. The third kappa shape index (κ3) is 3.10. The van der Waals surface area contributed by atoms with Crippen molar-refractivity contribution in [3.8, 4) is 0 Å². The lowest BCUT2D eigenvalue weighted by molar-refractivity contribution is -0.385. The van der Waals surface area contributed by atoms with E-state index < -0.39 is 4.92 Å². The first-order chi connectivity index (χ1) is 13.2. The Morgan fingerprint density at radius 1 is 1.15 bits per heavy atom. The van der Waals surface area contributed by atoms with Crippen molar-refractivity contribution in [2.45, 2.75) is 13.5 Å². The van der Waals surface area contributed by atoms with Crippen molar-refractivity contribution in [2.24, 2.45) is 5.10 Å². The highest BCUT2D eigenvalue weighted by atomic mass is 16.6. The van der Waals surface area contributed by atoms with Gasteiger partial charge in [-0.1, -0.05) is 24.3 Å². The van der Waals surface area contributed by atoms with E-state index in [9.17, 15) is 10.1 Å². The first-order valence-corrected chi connectivity index (χ1v) is 8.58. The Morgan fingerprint density at radius 2 is 1.96 bits per heavy atom. The van der Waals surface area contributed by atoms with Crippen LogP contribution in [0.25, 0.3) is 21.8 Å². The van der Waals surface area contributed by atoms with Gasteiger partial charge in [0.15, 0.2) is 0 Å². The maximum Gasteiger partial charge on any atom is 0.287 e. The molecule has 0 saturated heterocycles. The number of nitrogens with zero attached hydrogens (tertiary/aromatic N) is 4. The lowest BCUT2D eigenvalue weighted by atomic mass is 10.1. The quantitative estimate of drug-likeness (QED) is 0.321. The molecule has 0 saturated carbocycles. The molecule has 0 spiro atoms. The topological polar surface area (TPSA) is 85.3 Å². The van der Waals surface area contributed by atoms with Gasteiger partial charge in [0.2, 0.25) is 0 Å². The normalized spacial score (nSPS) is 11.4. The fourth-order valence-corrected chi connectivity index (χ4v) is 3.23. The van der Waals surface area contributed by atoms with E-state index >= 15 is 0 Å². The number of aryl methyl sites for hydroxylation is 1. The Morgan fingerprint density at radius 3 is 2.70 bits per heavy atom. The van der Waals surface area contributed by atoms with Crippen LogP contribution in [0.5, 0.6) is 0 Å². The Kier molecular flexibility index (Phi) is 4.25. The van der Waals surface area contributed by atoms with Crippen molar-refractivity contribution in [3.63, 3.8) is 0 Å². The molecule has 0 amide bonds. The van der Waals surface area contributed by atoms with Gasteiger partial charge in [0.1, 0.15) is 12.0 Å². The fourth-order valence-electron chi connectivity index (χ4n) is 3.23. The second-order valence-electron chi connectivity index (χ2n) is 6.07. The van der Waals surface area contributed by atoms with Gasteiger partial charge in [-0.05, 0) is 36.8 Å². The molecule has 2 heterocycles. The Bertz CT molecular complexity index is 1160. The summed E-state index contributed by atoms with van der Waals surface area (Å²) in [7, 11) is 0. The van der Waals surface area contributed by atoms with Crippen LogP contribution >= 0.6 is 0 Å². The van der Waals surface area contributed by atoms with Crippen LogP contribution in [0.4, 0.5) is 11.5 Å². The Balaban J connectivity index is 1.61. The van der Waals surface area contributed by atoms with E-state index in [0.717, 1.165) is 12.1 Å². The molecule has 134 valence electrons. The number of hydrazone groups is 1. The number of rotatable bonds is 5. The monoisotopic (exact) mass is 359 g/mol. The van der Waals surface area contributed by atoms with Gasteiger partial charge in [0.05, 0.1) is 11.1 Å². The summed E-state index contributed by atoms with van der Waals surface area (Å²) in [4.78, 5) is 14.1. The summed E-state index contributed by atoms with van der Waals surface area (Å²) in [6.45, 7) is 3.05. The molecular weight excluding hydrogens is 342 g/mol. The minimum atomic E-state index is -0.484. The van der Waals surface area contributed by atoms with Crippen molar-refractivity contribution in [1.29, 1.82) is 0 Å². The van der Waals surface area contributed by atoms with Gasteiger partial charge in [-0.3, -0.25) is 15.5 Å². The van der Waals surface area contributed by atoms with Crippen molar-refractivity contribution < 1.29 is 4.92 Å². The van der Waals surface area contributed by atoms with Crippen molar-refractivity contribution in [1.82, 2.24) is 9.55 Å². The molecular formula is C20H17N5O2. The molecule has 0 aliphatic heterocycles. The predicted octanol–water partition coefficient (Wildman–Crippen LogP) is 4.56. The molecule has 1 N–H and O–H groups in total. The van der Waals surface area contributed by atoms with Crippen molar-refractivity contribution in [2.75, 3.05) is 5.43 Å². The number of benzene rings is 2. The number of aromatic nitrogens is 2. The van der Waals surface area contributed by atoms with Crippen LogP contribution in [0, 0.1) is 10.1 Å². The highest BCUT2D eigenvalue weighted by molar-refractivity contribution is 6.09. The van der Waals surface area contributed by atoms with Gasteiger partial charge < -0.3 is 4.57 Å². The highest BCUT2D eigenvalue weighted by Gasteiger charge is 2.09. The molecule has 2 aromatic heterocycles. The molecule has 0 unspecified atom stereocenters. The molecule has 0 aliphatic carbocycles. The molecule has 0 radical (unpaired) electrons. The first kappa shape index (κ1) is 16.7. The van der Waals surface area contributed by atoms with Gasteiger partial charge in [0.25, 0.3) is 5.69 Å². The first-order valence-electron chi connectivity index (χ1n) is 8.58. The molecule has 0 atom stereocenters. The van der Waals surface area contributed by atoms with Crippen molar-refractivity contribution in [3.05, 3.63) is 76.5 Å². The van der Waals surface area contributed by atoms with Crippen LogP contribution in [0.2, 0.25) is 0 Å². The van der Waals surface area contributed by atoms with E-state index in [-0.39, 0.29) is 5.69 Å². The second kappa shape index (κ2) is 6.87. The van der Waals surface area contributed by atoms with Gasteiger partial charge in [-0.15, -0.1) is 0 Å². The lowest BCUT2D eigenvalue weighted by Gasteiger charge is -2.02. The maximum absolute atomic E-state index is 10.6. The summed E-state index contributed by atoms with van der Waals surface area (Å²) in [6, 6.07) is 17.5. The second-order valence-corrected chi connectivity index (χ2v) is 6.07. The highest BCUT2D eigenvalue weighted by Crippen LogP contribution is 2.29. The molecule has 0 bridgehead atoms. The zero-order chi connectivity index (χ0) is 18.8. The zero-order valence-electron chi connectivity index (χ0n) is 14.7. The number of hydrogen-bond donors (Lipinski definition) is 1. The lowest BCUT2D eigenvalue weighted by Crippen LogP contribution is -1.95. The van der Waals surface area contributed by atoms with Crippen molar-refractivity contribution >= 4 is 39.5 Å². The number of pyridine rings is 1. The van der Waals surface area contributed by atoms with Crippen LogP contribution in [-0.4, -0.2) is 20.7 Å². The zero-order valence-corrected chi connectivity index (χ0v) is 14.7. The Hall–Kier alpha value is -3.74. The summed E-state index contributed by atoms with van der Waals surface area (Å²) in [6.07, 6.45) is 2.91. The van der Waals surface area contributed by atoms with Crippen LogP contribution in [-0.2, 0) is 6.54 Å². The van der Waals surface area contributed by atoms with Gasteiger partial charge in [-0.25, -0.2) is 4.98 Å². The molecule has 0 aliphatic rings. The average Bonchev–Trinajstić information content (AvgIpc) is 3.01. The molecule has 4 aromatic rings. The summed E-state index contributed by atoms with van der Waals surface area (Å²) in [5.74, 6) is 0.445. The van der Waals surface area contributed by atoms with Gasteiger partial charge >= 0.3 is 0 Å². The van der Waals surface area contributed by atoms with Crippen LogP contribution in [0.15, 0.2) is 65.9 Å². The number of para-hydroxylation sites is 1. The number of nitrogens with one attached hydrogen (secondary N) is 1. The van der Waals surface area contributed by atoms with Gasteiger partial charge in [-0.2, -0.15) is 5.10 Å². The summed E-state index contributed by atoms with van der Waals surface area (Å²) in [5, 5.41) is 17.2. The molecule has 7 nitrogen and oxygen atoms in total. The molecule has 4 rings (SSSR count). The van der Waals surface area contributed by atoms with Crippen LogP contribution in [0.1, 0.15) is 12.5 Å². The number of nitro groups is 1.